The monoisotopic (exact) mass is 218 g/mol. The fourth-order valence-corrected chi connectivity index (χ4v) is 1.58. The first-order chi connectivity index (χ1) is 7.72. The molecule has 1 fully saturated rings. The molecule has 0 bridgehead atoms. The molecule has 16 heavy (non-hydrogen) atoms. The molecule has 5 nitrogen and oxygen atoms in total. The quantitative estimate of drug-likeness (QED) is 0.790. The molecular formula is C11H10N2O3. The van der Waals surface area contributed by atoms with Crippen LogP contribution in [0.2, 0.25) is 0 Å². The SMILES string of the molecule is O=C(NC1CC1)c1ccc2[nH]c(=O)oc2c1. The lowest BCUT2D eigenvalue weighted by atomic mass is 10.2. The van der Waals surface area contributed by atoms with Gasteiger partial charge in [0.1, 0.15) is 0 Å². The Morgan fingerprint density at radius 3 is 3.00 bits per heavy atom. The Morgan fingerprint density at radius 1 is 1.44 bits per heavy atom. The number of hydrogen-bond donors (Lipinski definition) is 2. The number of nitrogens with one attached hydrogen (secondary N) is 2. The van der Waals surface area contributed by atoms with Crippen LogP contribution in [0.3, 0.4) is 0 Å². The summed E-state index contributed by atoms with van der Waals surface area (Å²) in [5.41, 5.74) is 1.53. The van der Waals surface area contributed by atoms with Gasteiger partial charge in [-0.1, -0.05) is 0 Å². The lowest BCUT2D eigenvalue weighted by Crippen LogP contribution is -2.25. The van der Waals surface area contributed by atoms with Crippen LogP contribution < -0.4 is 11.1 Å². The molecule has 1 aromatic heterocycles. The molecule has 2 N–H and O–H groups in total. The van der Waals surface area contributed by atoms with Crippen LogP contribution in [0.25, 0.3) is 11.1 Å². The predicted octanol–water partition coefficient (Wildman–Crippen LogP) is 1.01. The zero-order valence-electron chi connectivity index (χ0n) is 8.45. The third kappa shape index (κ3) is 1.60. The van der Waals surface area contributed by atoms with Gasteiger partial charge in [-0.05, 0) is 31.0 Å². The lowest BCUT2D eigenvalue weighted by Gasteiger charge is -2.01. The number of benzene rings is 1. The molecule has 0 aliphatic heterocycles. The van der Waals surface area contributed by atoms with E-state index in [0.717, 1.165) is 12.8 Å². The summed E-state index contributed by atoms with van der Waals surface area (Å²) >= 11 is 0. The van der Waals surface area contributed by atoms with E-state index < -0.39 is 5.76 Å². The Labute approximate surface area is 90.5 Å². The smallest absolute Gasteiger partial charge is 0.408 e. The van der Waals surface area contributed by atoms with E-state index in [4.69, 9.17) is 4.42 Å². The number of fused-ring (bicyclic) bond motifs is 1. The fourth-order valence-electron chi connectivity index (χ4n) is 1.58. The van der Waals surface area contributed by atoms with Gasteiger partial charge in [-0.15, -0.1) is 0 Å². The summed E-state index contributed by atoms with van der Waals surface area (Å²) in [6, 6.07) is 5.24. The normalized spacial score (nSPS) is 15.2. The van der Waals surface area contributed by atoms with Gasteiger partial charge < -0.3 is 9.73 Å². The highest BCUT2D eigenvalue weighted by Gasteiger charge is 2.23. The maximum Gasteiger partial charge on any atom is 0.417 e. The second kappa shape index (κ2) is 3.23. The first-order valence-corrected chi connectivity index (χ1v) is 5.16. The van der Waals surface area contributed by atoms with Crippen molar-refractivity contribution in [3.8, 4) is 0 Å². The number of carbonyl (C=O) groups is 1. The van der Waals surface area contributed by atoms with Crippen molar-refractivity contribution in [2.24, 2.45) is 0 Å². The van der Waals surface area contributed by atoms with E-state index >= 15 is 0 Å². The van der Waals surface area contributed by atoms with E-state index in [0.29, 0.717) is 22.7 Å². The van der Waals surface area contributed by atoms with Crippen LogP contribution in [-0.2, 0) is 0 Å². The first-order valence-electron chi connectivity index (χ1n) is 5.16. The lowest BCUT2D eigenvalue weighted by molar-refractivity contribution is 0.0951. The topological polar surface area (TPSA) is 75.1 Å². The van der Waals surface area contributed by atoms with Crippen LogP contribution in [0.15, 0.2) is 27.4 Å². The molecule has 0 radical (unpaired) electrons. The van der Waals surface area contributed by atoms with Crippen LogP contribution in [0.5, 0.6) is 0 Å². The van der Waals surface area contributed by atoms with Crippen LogP contribution in [-0.4, -0.2) is 16.9 Å². The Balaban J connectivity index is 1.96. The van der Waals surface area contributed by atoms with Crippen molar-refractivity contribution in [1.29, 1.82) is 0 Å². The number of carbonyl (C=O) groups excluding carboxylic acids is 1. The number of aromatic amines is 1. The Morgan fingerprint density at radius 2 is 2.25 bits per heavy atom. The molecule has 0 unspecified atom stereocenters. The van der Waals surface area contributed by atoms with E-state index in [2.05, 4.69) is 10.3 Å². The maximum atomic E-state index is 11.7. The number of oxazole rings is 1. The van der Waals surface area contributed by atoms with Crippen LogP contribution >= 0.6 is 0 Å². The summed E-state index contributed by atoms with van der Waals surface area (Å²) in [4.78, 5) is 25.2. The van der Waals surface area contributed by atoms with Crippen molar-refractivity contribution in [3.05, 3.63) is 34.3 Å². The second-order valence-electron chi connectivity index (χ2n) is 3.97. The zero-order valence-corrected chi connectivity index (χ0v) is 8.45. The standard InChI is InChI=1S/C11H10N2O3/c14-10(12-7-2-3-7)6-1-4-8-9(5-6)16-11(15)13-8/h1,4-5,7H,2-3H2,(H,12,14)(H,13,15). The van der Waals surface area contributed by atoms with E-state index in [1.807, 2.05) is 0 Å². The summed E-state index contributed by atoms with van der Waals surface area (Å²) in [5.74, 6) is -0.622. The Hall–Kier alpha value is -2.04. The molecule has 0 atom stereocenters. The van der Waals surface area contributed by atoms with Crippen molar-refractivity contribution in [2.45, 2.75) is 18.9 Å². The Kier molecular flexibility index (Phi) is 1.86. The number of aromatic nitrogens is 1. The fraction of sp³-hybridized carbons (Fsp3) is 0.273. The molecule has 82 valence electrons. The molecule has 0 saturated heterocycles. The molecule has 1 aliphatic rings. The third-order valence-electron chi connectivity index (χ3n) is 2.60. The average molecular weight is 218 g/mol. The van der Waals surface area contributed by atoms with Crippen LogP contribution in [0.1, 0.15) is 23.2 Å². The predicted molar refractivity (Wildman–Crippen MR) is 57.3 cm³/mol. The molecule has 3 rings (SSSR count). The van der Waals surface area contributed by atoms with E-state index in [1.54, 1.807) is 18.2 Å². The van der Waals surface area contributed by atoms with Gasteiger partial charge in [0, 0.05) is 11.6 Å². The Bertz CT molecular complexity index is 607. The highest BCUT2D eigenvalue weighted by Crippen LogP contribution is 2.20. The van der Waals surface area contributed by atoms with Gasteiger partial charge in [0.25, 0.3) is 5.91 Å². The average Bonchev–Trinajstić information content (AvgIpc) is 2.96. The summed E-state index contributed by atoms with van der Waals surface area (Å²) in [7, 11) is 0. The molecule has 0 spiro atoms. The highest BCUT2D eigenvalue weighted by molar-refractivity contribution is 5.97. The van der Waals surface area contributed by atoms with Crippen LogP contribution in [0.4, 0.5) is 0 Å². The highest BCUT2D eigenvalue weighted by atomic mass is 16.4. The molecule has 5 heteroatoms. The molecule has 2 aromatic rings. The summed E-state index contributed by atoms with van der Waals surface area (Å²) in [6.45, 7) is 0. The van der Waals surface area contributed by atoms with Gasteiger partial charge in [0.2, 0.25) is 0 Å². The van der Waals surface area contributed by atoms with Gasteiger partial charge in [-0.2, -0.15) is 0 Å². The number of hydrogen-bond acceptors (Lipinski definition) is 3. The summed E-state index contributed by atoms with van der Waals surface area (Å²) < 4.78 is 4.89. The second-order valence-corrected chi connectivity index (χ2v) is 3.97. The van der Waals surface area contributed by atoms with Crippen LogP contribution in [0, 0.1) is 0 Å². The van der Waals surface area contributed by atoms with E-state index in [1.165, 1.54) is 0 Å². The van der Waals surface area contributed by atoms with Gasteiger partial charge in [-0.25, -0.2) is 4.79 Å². The van der Waals surface area contributed by atoms with Crippen molar-refractivity contribution >= 4 is 17.0 Å². The molecule has 1 heterocycles. The number of H-pyrrole nitrogens is 1. The van der Waals surface area contributed by atoms with Crippen molar-refractivity contribution in [1.82, 2.24) is 10.3 Å². The van der Waals surface area contributed by atoms with E-state index in [9.17, 15) is 9.59 Å². The third-order valence-corrected chi connectivity index (χ3v) is 2.60. The van der Waals surface area contributed by atoms with Crippen molar-refractivity contribution < 1.29 is 9.21 Å². The zero-order chi connectivity index (χ0) is 11.1. The molecule has 1 saturated carbocycles. The summed E-state index contributed by atoms with van der Waals surface area (Å²) in [5, 5.41) is 2.87. The largest absolute Gasteiger partial charge is 0.417 e. The molecular weight excluding hydrogens is 208 g/mol. The number of amides is 1. The summed E-state index contributed by atoms with van der Waals surface area (Å²) in [6.07, 6.45) is 2.10. The number of rotatable bonds is 2. The van der Waals surface area contributed by atoms with Gasteiger partial charge >= 0.3 is 5.76 Å². The van der Waals surface area contributed by atoms with E-state index in [-0.39, 0.29) is 5.91 Å². The van der Waals surface area contributed by atoms with Gasteiger partial charge in [0.05, 0.1) is 5.52 Å². The van der Waals surface area contributed by atoms with Gasteiger partial charge in [-0.3, -0.25) is 9.78 Å². The van der Waals surface area contributed by atoms with Gasteiger partial charge in [0.15, 0.2) is 5.58 Å². The molecule has 1 aliphatic carbocycles. The van der Waals surface area contributed by atoms with Crippen molar-refractivity contribution in [2.75, 3.05) is 0 Å². The van der Waals surface area contributed by atoms with Crippen molar-refractivity contribution in [3.63, 3.8) is 0 Å². The minimum absolute atomic E-state index is 0.117. The minimum Gasteiger partial charge on any atom is -0.408 e. The minimum atomic E-state index is -0.505. The molecule has 1 aromatic carbocycles. The maximum absolute atomic E-state index is 11.7. The first kappa shape index (κ1) is 9.21. The molecule has 1 amide bonds.